The third kappa shape index (κ3) is 5.64. The number of carboxylic acid groups (broad SMARTS) is 1. The SMILES string of the molecule is COc1cc(C(=O)NC(CCC(=O)O)Cc2ccccc2)ccc1C. The van der Waals surface area contributed by atoms with Crippen LogP contribution in [0.2, 0.25) is 0 Å². The first-order valence-corrected chi connectivity index (χ1v) is 8.21. The van der Waals surface area contributed by atoms with E-state index in [0.29, 0.717) is 24.2 Å². The van der Waals surface area contributed by atoms with Gasteiger partial charge in [-0.1, -0.05) is 36.4 Å². The van der Waals surface area contributed by atoms with E-state index >= 15 is 0 Å². The maximum absolute atomic E-state index is 12.6. The van der Waals surface area contributed by atoms with Crippen LogP contribution in [0, 0.1) is 6.92 Å². The molecule has 5 heteroatoms. The monoisotopic (exact) mass is 341 g/mol. The Morgan fingerprint density at radius 3 is 2.52 bits per heavy atom. The molecule has 0 aliphatic heterocycles. The van der Waals surface area contributed by atoms with Gasteiger partial charge >= 0.3 is 5.97 Å². The number of rotatable bonds is 8. The molecule has 2 aromatic rings. The van der Waals surface area contributed by atoms with Gasteiger partial charge in [-0.05, 0) is 43.0 Å². The Bertz CT molecular complexity index is 728. The molecule has 0 aliphatic carbocycles. The zero-order valence-electron chi connectivity index (χ0n) is 14.5. The summed E-state index contributed by atoms with van der Waals surface area (Å²) in [5.74, 6) is -0.452. The lowest BCUT2D eigenvalue weighted by Gasteiger charge is -2.19. The van der Waals surface area contributed by atoms with Crippen molar-refractivity contribution >= 4 is 11.9 Å². The predicted molar refractivity (Wildman–Crippen MR) is 96.0 cm³/mol. The van der Waals surface area contributed by atoms with Crippen LogP contribution >= 0.6 is 0 Å². The van der Waals surface area contributed by atoms with Crippen molar-refractivity contribution in [1.82, 2.24) is 5.32 Å². The van der Waals surface area contributed by atoms with Crippen LogP contribution in [0.3, 0.4) is 0 Å². The number of aryl methyl sites for hydroxylation is 1. The van der Waals surface area contributed by atoms with Crippen LogP contribution in [0.15, 0.2) is 48.5 Å². The summed E-state index contributed by atoms with van der Waals surface area (Å²) in [4.78, 5) is 23.5. The average molecular weight is 341 g/mol. The molecule has 0 heterocycles. The minimum atomic E-state index is -0.871. The van der Waals surface area contributed by atoms with Gasteiger partial charge in [0.05, 0.1) is 7.11 Å². The molecule has 0 aromatic heterocycles. The highest BCUT2D eigenvalue weighted by Gasteiger charge is 2.16. The van der Waals surface area contributed by atoms with Crippen molar-refractivity contribution in [3.05, 3.63) is 65.2 Å². The van der Waals surface area contributed by atoms with Crippen molar-refractivity contribution < 1.29 is 19.4 Å². The van der Waals surface area contributed by atoms with E-state index in [1.54, 1.807) is 19.2 Å². The largest absolute Gasteiger partial charge is 0.496 e. The fraction of sp³-hybridized carbons (Fsp3) is 0.300. The van der Waals surface area contributed by atoms with Gasteiger partial charge in [-0.2, -0.15) is 0 Å². The maximum atomic E-state index is 12.6. The van der Waals surface area contributed by atoms with Crippen LogP contribution in [0.5, 0.6) is 5.75 Å². The highest BCUT2D eigenvalue weighted by Crippen LogP contribution is 2.19. The van der Waals surface area contributed by atoms with Gasteiger partial charge in [0.15, 0.2) is 0 Å². The second kappa shape index (κ2) is 8.87. The smallest absolute Gasteiger partial charge is 0.303 e. The molecule has 0 spiro atoms. The molecule has 5 nitrogen and oxygen atoms in total. The van der Waals surface area contributed by atoms with Crippen LogP contribution in [-0.2, 0) is 11.2 Å². The number of hydrogen-bond donors (Lipinski definition) is 2. The summed E-state index contributed by atoms with van der Waals surface area (Å²) in [6.07, 6.45) is 0.969. The third-order valence-corrected chi connectivity index (χ3v) is 4.04. The van der Waals surface area contributed by atoms with E-state index in [2.05, 4.69) is 5.32 Å². The Balaban J connectivity index is 2.11. The zero-order chi connectivity index (χ0) is 18.2. The van der Waals surface area contributed by atoms with E-state index in [4.69, 9.17) is 9.84 Å². The van der Waals surface area contributed by atoms with Crippen LogP contribution in [0.4, 0.5) is 0 Å². The summed E-state index contributed by atoms with van der Waals surface area (Å²) in [5, 5.41) is 11.9. The van der Waals surface area contributed by atoms with Gasteiger partial charge in [-0.25, -0.2) is 0 Å². The van der Waals surface area contributed by atoms with Gasteiger partial charge in [0.25, 0.3) is 5.91 Å². The normalized spacial score (nSPS) is 11.6. The molecule has 25 heavy (non-hydrogen) atoms. The molecular weight excluding hydrogens is 318 g/mol. The van der Waals surface area contributed by atoms with Gasteiger partial charge in [-0.15, -0.1) is 0 Å². The lowest BCUT2D eigenvalue weighted by atomic mass is 10.0. The second-order valence-electron chi connectivity index (χ2n) is 5.98. The van der Waals surface area contributed by atoms with E-state index < -0.39 is 5.97 Å². The van der Waals surface area contributed by atoms with Crippen LogP contribution in [-0.4, -0.2) is 30.1 Å². The summed E-state index contributed by atoms with van der Waals surface area (Å²) in [5.41, 5.74) is 2.50. The Morgan fingerprint density at radius 1 is 1.16 bits per heavy atom. The van der Waals surface area contributed by atoms with Crippen molar-refractivity contribution in [2.75, 3.05) is 7.11 Å². The summed E-state index contributed by atoms with van der Waals surface area (Å²) in [6, 6.07) is 14.7. The first-order valence-electron chi connectivity index (χ1n) is 8.21. The standard InChI is InChI=1S/C20H23NO4/c1-14-8-9-16(13-18(14)25-2)20(24)21-17(10-11-19(22)23)12-15-6-4-3-5-7-15/h3-9,13,17H,10-12H2,1-2H3,(H,21,24)(H,22,23). The Labute approximate surface area is 147 Å². The van der Waals surface area contributed by atoms with Crippen LogP contribution in [0.1, 0.15) is 34.3 Å². The first kappa shape index (κ1) is 18.5. The molecule has 0 radical (unpaired) electrons. The lowest BCUT2D eigenvalue weighted by Crippen LogP contribution is -2.37. The van der Waals surface area contributed by atoms with Gasteiger partial charge in [0.2, 0.25) is 0 Å². The van der Waals surface area contributed by atoms with Crippen LogP contribution in [0.25, 0.3) is 0 Å². The van der Waals surface area contributed by atoms with Crippen molar-refractivity contribution in [1.29, 1.82) is 0 Å². The molecular formula is C20H23NO4. The Morgan fingerprint density at radius 2 is 1.88 bits per heavy atom. The number of carboxylic acids is 1. The molecule has 2 aromatic carbocycles. The highest BCUT2D eigenvalue weighted by atomic mass is 16.5. The fourth-order valence-corrected chi connectivity index (χ4v) is 2.65. The Kier molecular flexibility index (Phi) is 6.57. The molecule has 132 valence electrons. The predicted octanol–water partition coefficient (Wildman–Crippen LogP) is 3.21. The molecule has 0 saturated heterocycles. The summed E-state index contributed by atoms with van der Waals surface area (Å²) < 4.78 is 5.26. The maximum Gasteiger partial charge on any atom is 0.303 e. The highest BCUT2D eigenvalue weighted by molar-refractivity contribution is 5.95. The Hall–Kier alpha value is -2.82. The topological polar surface area (TPSA) is 75.6 Å². The van der Waals surface area contributed by atoms with Crippen LogP contribution < -0.4 is 10.1 Å². The number of carbonyl (C=O) groups is 2. The van der Waals surface area contributed by atoms with E-state index in [9.17, 15) is 9.59 Å². The number of hydrogen-bond acceptors (Lipinski definition) is 3. The van der Waals surface area contributed by atoms with Crippen molar-refractivity contribution in [2.24, 2.45) is 0 Å². The number of nitrogens with one attached hydrogen (secondary N) is 1. The lowest BCUT2D eigenvalue weighted by molar-refractivity contribution is -0.137. The summed E-state index contributed by atoms with van der Waals surface area (Å²) in [6.45, 7) is 1.91. The average Bonchev–Trinajstić information content (AvgIpc) is 2.60. The molecule has 2 N–H and O–H groups in total. The summed E-state index contributed by atoms with van der Waals surface area (Å²) >= 11 is 0. The van der Waals surface area contributed by atoms with Crippen molar-refractivity contribution in [3.8, 4) is 5.75 Å². The molecule has 0 fully saturated rings. The first-order chi connectivity index (χ1) is 12.0. The van der Waals surface area contributed by atoms with E-state index in [0.717, 1.165) is 11.1 Å². The number of amides is 1. The van der Waals surface area contributed by atoms with Gasteiger partial charge in [0.1, 0.15) is 5.75 Å². The number of methoxy groups -OCH3 is 1. The second-order valence-corrected chi connectivity index (χ2v) is 5.98. The van der Waals surface area contributed by atoms with Crippen molar-refractivity contribution in [2.45, 2.75) is 32.2 Å². The zero-order valence-corrected chi connectivity index (χ0v) is 14.5. The molecule has 0 aliphatic rings. The molecule has 1 unspecified atom stereocenters. The summed E-state index contributed by atoms with van der Waals surface area (Å²) in [7, 11) is 1.56. The molecule has 1 atom stereocenters. The number of benzene rings is 2. The molecule has 1 amide bonds. The molecule has 0 bridgehead atoms. The molecule has 2 rings (SSSR count). The van der Waals surface area contributed by atoms with Gasteiger partial charge < -0.3 is 15.2 Å². The van der Waals surface area contributed by atoms with Gasteiger partial charge in [-0.3, -0.25) is 9.59 Å². The van der Waals surface area contributed by atoms with E-state index in [1.165, 1.54) is 0 Å². The minimum absolute atomic E-state index is 0.00893. The number of aliphatic carboxylic acids is 1. The quantitative estimate of drug-likeness (QED) is 0.773. The molecule has 0 saturated carbocycles. The minimum Gasteiger partial charge on any atom is -0.496 e. The van der Waals surface area contributed by atoms with Gasteiger partial charge in [0, 0.05) is 18.0 Å². The van der Waals surface area contributed by atoms with Crippen molar-refractivity contribution in [3.63, 3.8) is 0 Å². The fourth-order valence-electron chi connectivity index (χ4n) is 2.65. The number of carbonyl (C=O) groups excluding carboxylic acids is 1. The number of ether oxygens (including phenoxy) is 1. The van der Waals surface area contributed by atoms with E-state index in [1.807, 2.05) is 43.3 Å². The third-order valence-electron chi connectivity index (χ3n) is 4.04. The van der Waals surface area contributed by atoms with E-state index in [-0.39, 0.29) is 18.4 Å².